The lowest BCUT2D eigenvalue weighted by molar-refractivity contribution is 0.549. The molecule has 4 nitrogen and oxygen atoms in total. The second-order valence-corrected chi connectivity index (χ2v) is 15.6. The maximum Gasteiger partial charge on any atom is 0.151 e. The summed E-state index contributed by atoms with van der Waals surface area (Å²) in [5, 5.41) is 0. The lowest BCUT2D eigenvalue weighted by atomic mass is 10.1. The Morgan fingerprint density at radius 2 is 0.577 bits per heavy atom. The maximum absolute atomic E-state index is 2.64. The molecule has 262 valence electrons. The van der Waals surface area contributed by atoms with E-state index in [1.165, 1.54) is 101 Å². The van der Waals surface area contributed by atoms with Crippen LogP contribution in [0, 0.1) is 69.2 Å². The Morgan fingerprint density at radius 1 is 0.269 bits per heavy atom. The third-order valence-corrected chi connectivity index (χ3v) is 10.7. The van der Waals surface area contributed by atoms with Gasteiger partial charge in [0.2, 0.25) is 0 Å². The molecule has 0 radical (unpaired) electrons. The zero-order chi connectivity index (χ0) is 36.6. The quantitative estimate of drug-likeness (QED) is 0.179. The minimum Gasteiger partial charge on any atom is -0.314 e. The van der Waals surface area contributed by atoms with Crippen molar-refractivity contribution in [2.45, 2.75) is 81.6 Å². The van der Waals surface area contributed by atoms with Crippen LogP contribution in [-0.2, 0) is 0 Å². The molecule has 2 aliphatic rings. The predicted molar refractivity (Wildman–Crippen MR) is 222 cm³/mol. The Balaban J connectivity index is 1.51. The highest BCUT2D eigenvalue weighted by molar-refractivity contribution is 5.95. The average molecular weight is 683 g/mol. The molecule has 0 fully saturated rings. The van der Waals surface area contributed by atoms with Crippen molar-refractivity contribution in [3.63, 3.8) is 0 Å². The van der Waals surface area contributed by atoms with Crippen molar-refractivity contribution in [1.29, 1.82) is 0 Å². The topological polar surface area (TPSA) is 13.0 Å². The summed E-state index contributed by atoms with van der Waals surface area (Å²) in [5.74, 6) is 0. The third-order valence-electron chi connectivity index (χ3n) is 10.7. The summed E-state index contributed by atoms with van der Waals surface area (Å²) in [6, 6.07) is 42.0. The molecule has 0 N–H and O–H groups in total. The normalized spacial score (nSPS) is 16.5. The molecule has 2 atom stereocenters. The summed E-state index contributed by atoms with van der Waals surface area (Å²) >= 11 is 0. The Morgan fingerprint density at radius 3 is 0.981 bits per heavy atom. The van der Waals surface area contributed by atoms with Crippen molar-refractivity contribution in [1.82, 2.24) is 0 Å². The first-order valence-corrected chi connectivity index (χ1v) is 18.6. The highest BCUT2D eigenvalue weighted by atomic mass is 15.5. The van der Waals surface area contributed by atoms with Crippen molar-refractivity contribution >= 4 is 45.5 Å². The summed E-state index contributed by atoms with van der Waals surface area (Å²) in [6.07, 6.45) is -0.347. The highest BCUT2D eigenvalue weighted by Crippen LogP contribution is 2.57. The molecule has 0 aromatic heterocycles. The molecule has 0 saturated heterocycles. The van der Waals surface area contributed by atoms with E-state index in [4.69, 9.17) is 0 Å². The number of fused-ring (bicyclic) bond motifs is 2. The largest absolute Gasteiger partial charge is 0.314 e. The standard InChI is InChI=1S/C48H50N4/c1-29-11-14-38(10)44(26-29)52-43-16-13-31(3)28-46(43)51(41-24-36(8)19-37(9)25-41)48(52)47-49(39-20-32(4)17-33(5)21-39)42-15-12-30(2)27-45(42)50(47)40-22-34(6)18-35(7)23-40/h11-28,47-48H,1-10H3. The maximum atomic E-state index is 2.64. The van der Waals surface area contributed by atoms with E-state index < -0.39 is 0 Å². The van der Waals surface area contributed by atoms with Gasteiger partial charge in [-0.1, -0.05) is 42.5 Å². The molecule has 2 heterocycles. The number of nitrogens with zero attached hydrogens (tertiary/aromatic N) is 4. The fourth-order valence-corrected chi connectivity index (χ4v) is 8.79. The van der Waals surface area contributed by atoms with Gasteiger partial charge in [-0.25, -0.2) is 0 Å². The average Bonchev–Trinajstić information content (AvgIpc) is 3.56. The Kier molecular flexibility index (Phi) is 8.17. The summed E-state index contributed by atoms with van der Waals surface area (Å²) in [4.78, 5) is 10.5. The first kappa shape index (κ1) is 33.7. The van der Waals surface area contributed by atoms with Crippen LogP contribution in [0.25, 0.3) is 0 Å². The van der Waals surface area contributed by atoms with Crippen molar-refractivity contribution in [3.8, 4) is 0 Å². The van der Waals surface area contributed by atoms with Crippen LogP contribution >= 0.6 is 0 Å². The fourth-order valence-electron chi connectivity index (χ4n) is 8.79. The Hall–Kier alpha value is -5.48. The predicted octanol–water partition coefficient (Wildman–Crippen LogP) is 12.7. The van der Waals surface area contributed by atoms with Gasteiger partial charge in [-0.2, -0.15) is 0 Å². The van der Waals surface area contributed by atoms with Crippen LogP contribution in [0.5, 0.6) is 0 Å². The summed E-state index contributed by atoms with van der Waals surface area (Å²) in [5.41, 5.74) is 22.3. The lowest BCUT2D eigenvalue weighted by Crippen LogP contribution is -2.58. The number of aryl methyl sites for hydroxylation is 10. The highest BCUT2D eigenvalue weighted by Gasteiger charge is 2.52. The summed E-state index contributed by atoms with van der Waals surface area (Å²) < 4.78 is 0. The molecule has 0 spiro atoms. The van der Waals surface area contributed by atoms with Gasteiger partial charge in [0, 0.05) is 22.7 Å². The molecule has 6 aromatic rings. The first-order valence-electron chi connectivity index (χ1n) is 18.6. The lowest BCUT2D eigenvalue weighted by Gasteiger charge is -2.45. The molecule has 0 saturated carbocycles. The van der Waals surface area contributed by atoms with E-state index in [1.807, 2.05) is 0 Å². The van der Waals surface area contributed by atoms with Crippen LogP contribution in [0.15, 0.2) is 109 Å². The van der Waals surface area contributed by atoms with Crippen molar-refractivity contribution in [3.05, 3.63) is 165 Å². The van der Waals surface area contributed by atoms with E-state index in [0.717, 1.165) is 0 Å². The Labute approximate surface area is 310 Å². The molecule has 2 aliphatic heterocycles. The van der Waals surface area contributed by atoms with Crippen LogP contribution in [0.3, 0.4) is 0 Å². The van der Waals surface area contributed by atoms with Gasteiger partial charge in [-0.15, -0.1) is 0 Å². The van der Waals surface area contributed by atoms with Crippen LogP contribution in [0.2, 0.25) is 0 Å². The van der Waals surface area contributed by atoms with Crippen LogP contribution in [0.1, 0.15) is 55.6 Å². The minimum atomic E-state index is -0.173. The molecular weight excluding hydrogens is 633 g/mol. The Bertz CT molecular complexity index is 2310. The molecule has 4 heteroatoms. The summed E-state index contributed by atoms with van der Waals surface area (Å²) in [6.45, 7) is 22.2. The molecule has 6 aromatic carbocycles. The van der Waals surface area contributed by atoms with E-state index in [2.05, 4.69) is 198 Å². The summed E-state index contributed by atoms with van der Waals surface area (Å²) in [7, 11) is 0. The van der Waals surface area contributed by atoms with Crippen molar-refractivity contribution in [2.75, 3.05) is 19.6 Å². The molecule has 0 amide bonds. The molecule has 52 heavy (non-hydrogen) atoms. The second kappa shape index (κ2) is 12.6. The smallest absolute Gasteiger partial charge is 0.151 e. The van der Waals surface area contributed by atoms with Gasteiger partial charge in [0.1, 0.15) is 0 Å². The molecule has 0 bridgehead atoms. The van der Waals surface area contributed by atoms with Gasteiger partial charge >= 0.3 is 0 Å². The van der Waals surface area contributed by atoms with E-state index >= 15 is 0 Å². The van der Waals surface area contributed by atoms with Crippen molar-refractivity contribution < 1.29 is 0 Å². The van der Waals surface area contributed by atoms with Crippen molar-refractivity contribution in [2.24, 2.45) is 0 Å². The number of benzene rings is 6. The minimum absolute atomic E-state index is 0.173. The van der Waals surface area contributed by atoms with Gasteiger partial charge in [0.15, 0.2) is 12.3 Å². The van der Waals surface area contributed by atoms with Gasteiger partial charge in [-0.05, 0) is 192 Å². The SMILES string of the molecule is Cc1cc(C)cc(N2c3ccc(C)cc3N(c3cc(C)cc(C)c3)C2C2N(c3cc(C)cc(C)c3)c3cc(C)ccc3N2c2cc(C)ccc2C)c1. The van der Waals surface area contributed by atoms with Gasteiger partial charge < -0.3 is 19.6 Å². The fraction of sp³-hybridized carbons (Fsp3) is 0.250. The van der Waals surface area contributed by atoms with Crippen LogP contribution in [0.4, 0.5) is 45.5 Å². The second-order valence-electron chi connectivity index (χ2n) is 15.6. The van der Waals surface area contributed by atoms with Gasteiger partial charge in [0.25, 0.3) is 0 Å². The van der Waals surface area contributed by atoms with Crippen LogP contribution in [-0.4, -0.2) is 12.3 Å². The van der Waals surface area contributed by atoms with Crippen LogP contribution < -0.4 is 19.6 Å². The molecule has 2 unspecified atom stereocenters. The van der Waals surface area contributed by atoms with E-state index in [9.17, 15) is 0 Å². The van der Waals surface area contributed by atoms with E-state index in [0.29, 0.717) is 0 Å². The number of anilines is 8. The van der Waals surface area contributed by atoms with Gasteiger partial charge in [0.05, 0.1) is 22.7 Å². The van der Waals surface area contributed by atoms with E-state index in [-0.39, 0.29) is 12.3 Å². The molecular formula is C48H50N4. The third kappa shape index (κ3) is 5.71. The zero-order valence-corrected chi connectivity index (χ0v) is 32.3. The number of hydrogen-bond donors (Lipinski definition) is 0. The monoisotopic (exact) mass is 682 g/mol. The van der Waals surface area contributed by atoms with E-state index in [1.54, 1.807) is 0 Å². The number of rotatable bonds is 5. The first-order chi connectivity index (χ1) is 24.9. The molecule has 8 rings (SSSR count). The zero-order valence-electron chi connectivity index (χ0n) is 32.3. The van der Waals surface area contributed by atoms with Gasteiger partial charge in [-0.3, -0.25) is 0 Å². The molecule has 0 aliphatic carbocycles. The number of hydrogen-bond acceptors (Lipinski definition) is 4.